The van der Waals surface area contributed by atoms with Gasteiger partial charge in [-0.3, -0.25) is 4.79 Å². The molecule has 0 aliphatic carbocycles. The number of esters is 1. The maximum atomic E-state index is 12.6. The minimum absolute atomic E-state index is 0.00158. The van der Waals surface area contributed by atoms with Gasteiger partial charge in [0.25, 0.3) is 0 Å². The van der Waals surface area contributed by atoms with Crippen LogP contribution in [0.3, 0.4) is 0 Å². The zero-order chi connectivity index (χ0) is 20.7. The van der Waals surface area contributed by atoms with E-state index in [4.69, 9.17) is 9.47 Å². The van der Waals surface area contributed by atoms with Gasteiger partial charge in [0.05, 0.1) is 23.1 Å². The molecule has 0 aromatic heterocycles. The van der Waals surface area contributed by atoms with E-state index in [2.05, 4.69) is 0 Å². The lowest BCUT2D eigenvalue weighted by atomic mass is 10.1. The first-order valence-electron chi connectivity index (χ1n) is 8.78. The van der Waals surface area contributed by atoms with E-state index in [9.17, 15) is 18.0 Å². The van der Waals surface area contributed by atoms with Crippen LogP contribution in [0.4, 0.5) is 0 Å². The first-order chi connectivity index (χ1) is 13.3. The Balaban J connectivity index is 2.14. The monoisotopic (exact) mass is 405 g/mol. The average molecular weight is 405 g/mol. The van der Waals surface area contributed by atoms with Crippen molar-refractivity contribution in [2.75, 3.05) is 26.8 Å². The zero-order valence-corrected chi connectivity index (χ0v) is 16.9. The maximum absolute atomic E-state index is 12.6. The van der Waals surface area contributed by atoms with Crippen LogP contribution >= 0.6 is 0 Å². The van der Waals surface area contributed by atoms with Crippen molar-refractivity contribution in [2.24, 2.45) is 0 Å². The van der Waals surface area contributed by atoms with E-state index in [1.165, 1.54) is 35.7 Å². The number of hydrogen-bond acceptors (Lipinski definition) is 6. The molecule has 28 heavy (non-hydrogen) atoms. The van der Waals surface area contributed by atoms with Crippen LogP contribution in [-0.4, -0.2) is 51.3 Å². The highest BCUT2D eigenvalue weighted by atomic mass is 32.2. The van der Waals surface area contributed by atoms with Crippen LogP contribution in [0.15, 0.2) is 53.4 Å². The summed E-state index contributed by atoms with van der Waals surface area (Å²) in [5, 5.41) is 0. The van der Waals surface area contributed by atoms with Crippen molar-refractivity contribution in [3.05, 3.63) is 59.7 Å². The van der Waals surface area contributed by atoms with Crippen LogP contribution in [-0.2, 0) is 14.8 Å². The molecule has 2 aromatic rings. The number of ketones is 1. The lowest BCUT2D eigenvalue weighted by molar-refractivity contribution is 0.0473. The number of ether oxygens (including phenoxy) is 2. The van der Waals surface area contributed by atoms with E-state index < -0.39 is 28.4 Å². The number of carbonyl (C=O) groups is 2. The molecule has 8 heteroatoms. The molecule has 0 spiro atoms. The second-order valence-electron chi connectivity index (χ2n) is 5.82. The van der Waals surface area contributed by atoms with Crippen molar-refractivity contribution in [3.8, 4) is 5.75 Å². The first kappa shape index (κ1) is 21.6. The molecule has 0 amide bonds. The molecule has 0 bridgehead atoms. The molecule has 0 N–H and O–H groups in total. The third-order valence-electron chi connectivity index (χ3n) is 4.15. The van der Waals surface area contributed by atoms with Gasteiger partial charge in [-0.05, 0) is 30.3 Å². The number of nitrogens with zero attached hydrogens (tertiary/aromatic N) is 1. The molecule has 0 fully saturated rings. The molecule has 0 unspecified atom stereocenters. The van der Waals surface area contributed by atoms with Gasteiger partial charge in [-0.25, -0.2) is 13.2 Å². The van der Waals surface area contributed by atoms with Crippen molar-refractivity contribution >= 4 is 21.8 Å². The van der Waals surface area contributed by atoms with Crippen molar-refractivity contribution in [1.29, 1.82) is 0 Å². The Hall–Kier alpha value is -2.71. The number of rotatable bonds is 9. The van der Waals surface area contributed by atoms with Crippen molar-refractivity contribution in [2.45, 2.75) is 18.7 Å². The number of para-hydroxylation sites is 1. The smallest absolute Gasteiger partial charge is 0.338 e. The molecule has 0 saturated carbocycles. The summed E-state index contributed by atoms with van der Waals surface area (Å²) in [6.45, 7) is 3.64. The molecule has 7 nitrogen and oxygen atoms in total. The molecule has 2 rings (SSSR count). The van der Waals surface area contributed by atoms with E-state index in [-0.39, 0.29) is 10.5 Å². The van der Waals surface area contributed by atoms with Crippen molar-refractivity contribution in [3.63, 3.8) is 0 Å². The predicted octanol–water partition coefficient (Wildman–Crippen LogP) is 2.77. The van der Waals surface area contributed by atoms with Crippen LogP contribution in [0.25, 0.3) is 0 Å². The summed E-state index contributed by atoms with van der Waals surface area (Å²) < 4.78 is 36.7. The van der Waals surface area contributed by atoms with Gasteiger partial charge in [0.15, 0.2) is 6.61 Å². The van der Waals surface area contributed by atoms with Crippen molar-refractivity contribution < 1.29 is 27.5 Å². The Morgan fingerprint density at radius 2 is 1.68 bits per heavy atom. The minimum Gasteiger partial charge on any atom is -0.496 e. The molecule has 0 radical (unpaired) electrons. The SMILES string of the molecule is CCN(CC)S(=O)(=O)c1cccc(C(=O)OCC(=O)c2ccccc2OC)c1. The summed E-state index contributed by atoms with van der Waals surface area (Å²) in [5.41, 5.74) is 0.358. The molecule has 0 heterocycles. The summed E-state index contributed by atoms with van der Waals surface area (Å²) in [6.07, 6.45) is 0. The lowest BCUT2D eigenvalue weighted by Crippen LogP contribution is -2.30. The van der Waals surface area contributed by atoms with Gasteiger partial charge in [0.2, 0.25) is 15.8 Å². The van der Waals surface area contributed by atoms with Crippen LogP contribution in [0.1, 0.15) is 34.6 Å². The summed E-state index contributed by atoms with van der Waals surface area (Å²) in [6, 6.07) is 12.2. The van der Waals surface area contributed by atoms with Gasteiger partial charge in [-0.15, -0.1) is 0 Å². The predicted molar refractivity (Wildman–Crippen MR) is 104 cm³/mol. The normalized spacial score (nSPS) is 11.3. The number of carbonyl (C=O) groups excluding carboxylic acids is 2. The maximum Gasteiger partial charge on any atom is 0.338 e. The van der Waals surface area contributed by atoms with Gasteiger partial charge < -0.3 is 9.47 Å². The number of Topliss-reactive ketones (excluding diaryl/α,β-unsaturated/α-hetero) is 1. The quantitative estimate of drug-likeness (QED) is 0.471. The van der Waals surface area contributed by atoms with E-state index in [0.29, 0.717) is 24.4 Å². The Bertz CT molecular complexity index is 951. The first-order valence-corrected chi connectivity index (χ1v) is 10.2. The fraction of sp³-hybridized carbons (Fsp3) is 0.300. The third-order valence-corrected chi connectivity index (χ3v) is 6.20. The molecule has 2 aromatic carbocycles. The lowest BCUT2D eigenvalue weighted by Gasteiger charge is -2.18. The van der Waals surface area contributed by atoms with E-state index in [1.807, 2.05) is 0 Å². The number of hydrogen-bond donors (Lipinski definition) is 0. The average Bonchev–Trinajstić information content (AvgIpc) is 2.72. The molecule has 0 saturated heterocycles. The summed E-state index contributed by atoms with van der Waals surface area (Å²) in [4.78, 5) is 24.6. The Morgan fingerprint density at radius 3 is 2.32 bits per heavy atom. The molecule has 150 valence electrons. The fourth-order valence-electron chi connectivity index (χ4n) is 2.66. The highest BCUT2D eigenvalue weighted by Gasteiger charge is 2.23. The van der Waals surface area contributed by atoms with Crippen molar-refractivity contribution in [1.82, 2.24) is 4.31 Å². The standard InChI is InChI=1S/C20H23NO6S/c1-4-21(5-2)28(24,25)16-10-8-9-15(13-16)20(23)27-14-18(22)17-11-6-7-12-19(17)26-3/h6-13H,4-5,14H2,1-3H3. The summed E-state index contributed by atoms with van der Waals surface area (Å²) in [7, 11) is -2.25. The van der Waals surface area contributed by atoms with Gasteiger partial charge >= 0.3 is 5.97 Å². The zero-order valence-electron chi connectivity index (χ0n) is 16.0. The number of methoxy groups -OCH3 is 1. The molecule has 0 atom stereocenters. The van der Waals surface area contributed by atoms with Crippen LogP contribution in [0, 0.1) is 0 Å². The van der Waals surface area contributed by atoms with E-state index in [0.717, 1.165) is 0 Å². The molecular weight excluding hydrogens is 382 g/mol. The Labute approximate surface area is 164 Å². The fourth-order valence-corrected chi connectivity index (χ4v) is 4.17. The number of benzene rings is 2. The number of sulfonamides is 1. The van der Waals surface area contributed by atoms with E-state index >= 15 is 0 Å². The Morgan fingerprint density at radius 1 is 1.00 bits per heavy atom. The topological polar surface area (TPSA) is 90.0 Å². The highest BCUT2D eigenvalue weighted by Crippen LogP contribution is 2.19. The van der Waals surface area contributed by atoms with Gasteiger partial charge in [-0.2, -0.15) is 4.31 Å². The third kappa shape index (κ3) is 4.76. The summed E-state index contributed by atoms with van der Waals surface area (Å²) >= 11 is 0. The minimum atomic E-state index is -3.70. The molecule has 0 aliphatic rings. The van der Waals surface area contributed by atoms with Crippen LogP contribution < -0.4 is 4.74 Å². The van der Waals surface area contributed by atoms with E-state index in [1.54, 1.807) is 38.1 Å². The molecule has 0 aliphatic heterocycles. The highest BCUT2D eigenvalue weighted by molar-refractivity contribution is 7.89. The van der Waals surface area contributed by atoms with Gasteiger partial charge in [-0.1, -0.05) is 32.0 Å². The second kappa shape index (κ2) is 9.48. The van der Waals surface area contributed by atoms with Gasteiger partial charge in [0.1, 0.15) is 5.75 Å². The summed E-state index contributed by atoms with van der Waals surface area (Å²) in [5.74, 6) is -0.812. The van der Waals surface area contributed by atoms with Crippen LogP contribution in [0.2, 0.25) is 0 Å². The largest absolute Gasteiger partial charge is 0.496 e. The van der Waals surface area contributed by atoms with Crippen LogP contribution in [0.5, 0.6) is 5.75 Å². The van der Waals surface area contributed by atoms with Gasteiger partial charge in [0, 0.05) is 13.1 Å². The second-order valence-corrected chi connectivity index (χ2v) is 7.75. The Kier molecular flexibility index (Phi) is 7.31. The molecular formula is C20H23NO6S.